The van der Waals surface area contributed by atoms with E-state index in [9.17, 15) is 9.90 Å². The van der Waals surface area contributed by atoms with Gasteiger partial charge >= 0.3 is 5.97 Å². The number of carboxylic acid groups (broad SMARTS) is 1. The van der Waals surface area contributed by atoms with Crippen LogP contribution in [0.5, 0.6) is 0 Å². The lowest BCUT2D eigenvalue weighted by molar-refractivity contribution is -0.141. The molecule has 17 heavy (non-hydrogen) atoms. The molecule has 1 atom stereocenters. The van der Waals surface area contributed by atoms with Crippen LogP contribution in [0, 0.1) is 0 Å². The van der Waals surface area contributed by atoms with E-state index in [1.165, 1.54) is 0 Å². The third kappa shape index (κ3) is 2.10. The summed E-state index contributed by atoms with van der Waals surface area (Å²) in [6, 6.07) is 3.88. The van der Waals surface area contributed by atoms with Gasteiger partial charge in [-0.3, -0.25) is 0 Å². The van der Waals surface area contributed by atoms with E-state index in [0.717, 1.165) is 10.1 Å². The highest BCUT2D eigenvalue weighted by molar-refractivity contribution is 7.17. The summed E-state index contributed by atoms with van der Waals surface area (Å²) in [5, 5.41) is 15.2. The minimum absolute atomic E-state index is 0.491. The van der Waals surface area contributed by atoms with Gasteiger partial charge in [-0.2, -0.15) is 0 Å². The van der Waals surface area contributed by atoms with Crippen LogP contribution < -0.4 is 5.32 Å². The predicted molar refractivity (Wildman–Crippen MR) is 69.6 cm³/mol. The molecule has 0 radical (unpaired) electrons. The van der Waals surface area contributed by atoms with Gasteiger partial charge in [-0.05, 0) is 30.9 Å². The third-order valence-electron chi connectivity index (χ3n) is 2.95. The number of aromatic nitrogens is 1. The van der Waals surface area contributed by atoms with Crippen LogP contribution in [0.4, 0.5) is 5.82 Å². The van der Waals surface area contributed by atoms with Gasteiger partial charge in [-0.25, -0.2) is 9.78 Å². The summed E-state index contributed by atoms with van der Waals surface area (Å²) < 4.78 is 1.10. The Kier molecular flexibility index (Phi) is 3.02. The Balaban J connectivity index is 2.41. The zero-order valence-corrected chi connectivity index (χ0v) is 10.5. The van der Waals surface area contributed by atoms with Crippen molar-refractivity contribution < 1.29 is 9.90 Å². The van der Waals surface area contributed by atoms with Crippen molar-refractivity contribution in [3.8, 4) is 0 Å². The quantitative estimate of drug-likeness (QED) is 0.875. The second kappa shape index (κ2) is 4.33. The Labute approximate surface area is 103 Å². The van der Waals surface area contributed by atoms with E-state index in [0.29, 0.717) is 12.2 Å². The summed E-state index contributed by atoms with van der Waals surface area (Å²) in [4.78, 5) is 15.5. The smallest absolute Gasteiger partial charge is 0.329 e. The molecule has 90 valence electrons. The number of rotatable bonds is 4. The van der Waals surface area contributed by atoms with Crippen LogP contribution in [0.15, 0.2) is 23.7 Å². The first-order valence-electron chi connectivity index (χ1n) is 5.40. The highest BCUT2D eigenvalue weighted by Gasteiger charge is 2.31. The number of hydrogen-bond acceptors (Lipinski definition) is 4. The Morgan fingerprint density at radius 3 is 3.00 bits per heavy atom. The lowest BCUT2D eigenvalue weighted by Gasteiger charge is -2.25. The number of hydrogen-bond donors (Lipinski definition) is 2. The minimum atomic E-state index is -0.983. The van der Waals surface area contributed by atoms with Crippen molar-refractivity contribution in [1.82, 2.24) is 4.98 Å². The number of nitrogens with zero attached hydrogens (tertiary/aromatic N) is 1. The van der Waals surface area contributed by atoms with E-state index < -0.39 is 11.5 Å². The van der Waals surface area contributed by atoms with Crippen molar-refractivity contribution in [2.75, 3.05) is 5.32 Å². The molecule has 5 heteroatoms. The Bertz CT molecular complexity index is 552. The number of anilines is 1. The van der Waals surface area contributed by atoms with Gasteiger partial charge in [-0.15, -0.1) is 11.3 Å². The molecule has 0 saturated carbocycles. The lowest BCUT2D eigenvalue weighted by atomic mass is 9.99. The van der Waals surface area contributed by atoms with Crippen molar-refractivity contribution in [2.45, 2.75) is 25.8 Å². The Morgan fingerprint density at radius 2 is 2.35 bits per heavy atom. The topological polar surface area (TPSA) is 62.2 Å². The van der Waals surface area contributed by atoms with Gasteiger partial charge in [0.2, 0.25) is 0 Å². The Hall–Kier alpha value is -1.62. The van der Waals surface area contributed by atoms with Gasteiger partial charge in [0.25, 0.3) is 0 Å². The standard InChI is InChI=1S/C12H14N2O2S/c1-3-12(2,11(15)16)14-10-8-5-7-17-9(8)4-6-13-10/h4-7H,3H2,1-2H3,(H,13,14)(H,15,16). The molecule has 2 aromatic rings. The first-order valence-corrected chi connectivity index (χ1v) is 6.28. The number of thiophene rings is 1. The van der Waals surface area contributed by atoms with Crippen LogP contribution in [0.25, 0.3) is 10.1 Å². The maximum atomic E-state index is 11.2. The highest BCUT2D eigenvalue weighted by Crippen LogP contribution is 2.28. The van der Waals surface area contributed by atoms with E-state index >= 15 is 0 Å². The Morgan fingerprint density at radius 1 is 1.59 bits per heavy atom. The first kappa shape index (κ1) is 11.9. The van der Waals surface area contributed by atoms with E-state index in [1.54, 1.807) is 24.5 Å². The normalized spacial score (nSPS) is 14.5. The zero-order chi connectivity index (χ0) is 12.5. The summed E-state index contributed by atoms with van der Waals surface area (Å²) >= 11 is 1.62. The lowest BCUT2D eigenvalue weighted by Crippen LogP contribution is -2.42. The molecule has 0 bridgehead atoms. The summed E-state index contributed by atoms with van der Waals surface area (Å²) in [6.07, 6.45) is 2.18. The second-order valence-corrected chi connectivity index (χ2v) is 5.06. The van der Waals surface area contributed by atoms with E-state index in [4.69, 9.17) is 0 Å². The SMILES string of the molecule is CCC(C)(Nc1nccc2sccc12)C(=O)O. The first-order chi connectivity index (χ1) is 8.07. The van der Waals surface area contributed by atoms with Gasteiger partial charge < -0.3 is 10.4 Å². The molecule has 0 amide bonds. The van der Waals surface area contributed by atoms with Gasteiger partial charge in [0.1, 0.15) is 11.4 Å². The maximum absolute atomic E-state index is 11.2. The summed E-state index contributed by atoms with van der Waals surface area (Å²) in [5.41, 5.74) is -0.983. The minimum Gasteiger partial charge on any atom is -0.480 e. The van der Waals surface area contributed by atoms with Crippen LogP contribution in [0.1, 0.15) is 20.3 Å². The zero-order valence-electron chi connectivity index (χ0n) is 9.73. The van der Waals surface area contributed by atoms with Crippen LogP contribution in [0.2, 0.25) is 0 Å². The van der Waals surface area contributed by atoms with Crippen LogP contribution >= 0.6 is 11.3 Å². The average Bonchev–Trinajstić information content (AvgIpc) is 2.77. The molecule has 0 saturated heterocycles. The maximum Gasteiger partial charge on any atom is 0.329 e. The number of carboxylic acids is 1. The van der Waals surface area contributed by atoms with Crippen molar-refractivity contribution >= 4 is 33.2 Å². The van der Waals surface area contributed by atoms with Crippen molar-refractivity contribution in [3.63, 3.8) is 0 Å². The molecule has 0 aromatic carbocycles. The predicted octanol–water partition coefficient (Wildman–Crippen LogP) is 2.96. The van der Waals surface area contributed by atoms with Crippen LogP contribution in [-0.2, 0) is 4.79 Å². The van der Waals surface area contributed by atoms with E-state index in [-0.39, 0.29) is 0 Å². The molecule has 2 N–H and O–H groups in total. The number of fused-ring (bicyclic) bond motifs is 1. The molecule has 2 heterocycles. The van der Waals surface area contributed by atoms with Gasteiger partial charge in [0, 0.05) is 16.3 Å². The number of pyridine rings is 1. The highest BCUT2D eigenvalue weighted by atomic mass is 32.1. The third-order valence-corrected chi connectivity index (χ3v) is 3.84. The molecule has 2 aromatic heterocycles. The van der Waals surface area contributed by atoms with Crippen molar-refractivity contribution in [3.05, 3.63) is 23.7 Å². The van der Waals surface area contributed by atoms with Crippen LogP contribution in [-0.4, -0.2) is 21.6 Å². The monoisotopic (exact) mass is 250 g/mol. The average molecular weight is 250 g/mol. The molecule has 0 spiro atoms. The molecular formula is C12H14N2O2S. The number of aliphatic carboxylic acids is 1. The van der Waals surface area contributed by atoms with Crippen molar-refractivity contribution in [1.29, 1.82) is 0 Å². The second-order valence-electron chi connectivity index (χ2n) is 4.11. The summed E-state index contributed by atoms with van der Waals surface area (Å²) in [6.45, 7) is 3.51. The van der Waals surface area contributed by atoms with E-state index in [2.05, 4.69) is 10.3 Å². The molecule has 0 aliphatic heterocycles. The number of nitrogens with one attached hydrogen (secondary N) is 1. The summed E-state index contributed by atoms with van der Waals surface area (Å²) in [7, 11) is 0. The van der Waals surface area contributed by atoms with Gasteiger partial charge in [0.05, 0.1) is 0 Å². The van der Waals surface area contributed by atoms with Gasteiger partial charge in [0.15, 0.2) is 0 Å². The molecule has 2 rings (SSSR count). The fraction of sp³-hybridized carbons (Fsp3) is 0.333. The van der Waals surface area contributed by atoms with E-state index in [1.807, 2.05) is 24.4 Å². The van der Waals surface area contributed by atoms with Crippen LogP contribution in [0.3, 0.4) is 0 Å². The molecule has 0 aliphatic rings. The molecule has 0 fully saturated rings. The number of carbonyl (C=O) groups is 1. The van der Waals surface area contributed by atoms with Gasteiger partial charge in [-0.1, -0.05) is 6.92 Å². The fourth-order valence-corrected chi connectivity index (χ4v) is 2.33. The largest absolute Gasteiger partial charge is 0.480 e. The summed E-state index contributed by atoms with van der Waals surface area (Å²) in [5.74, 6) is -0.232. The fourth-order valence-electron chi connectivity index (χ4n) is 1.55. The van der Waals surface area contributed by atoms with Crippen molar-refractivity contribution in [2.24, 2.45) is 0 Å². The molecular weight excluding hydrogens is 236 g/mol. The molecule has 1 unspecified atom stereocenters. The molecule has 4 nitrogen and oxygen atoms in total. The molecule has 0 aliphatic carbocycles.